The van der Waals surface area contributed by atoms with Gasteiger partial charge in [-0.3, -0.25) is 9.78 Å². The number of H-pyrrole nitrogens is 1. The molecule has 2 heterocycles. The topological polar surface area (TPSA) is 101 Å². The largest absolute Gasteiger partial charge is 0.288 e. The number of nitrogens with one attached hydrogen (secondary N) is 2. The standard InChI is InChI=1S/C15H13ClFN7O/c1-8-12(7-18-21-15-19-14(25)9(2)20-22-15)13(16)24(23-8)11-5-3-10(17)4-6-11/h3-7H,1-2H3,(H2,19,21,22,25)/b18-7+. The first kappa shape index (κ1) is 16.8. The summed E-state index contributed by atoms with van der Waals surface area (Å²) in [5.41, 5.74) is 4.29. The zero-order valence-electron chi connectivity index (χ0n) is 13.3. The SMILES string of the molecule is Cc1nn(-c2ccc(F)cc2)c(Cl)c1/C=N/Nc1nnc(C)c(=O)[nH]1. The minimum atomic E-state index is -0.356. The lowest BCUT2D eigenvalue weighted by molar-refractivity contribution is 0.627. The summed E-state index contributed by atoms with van der Waals surface area (Å²) >= 11 is 6.33. The van der Waals surface area contributed by atoms with E-state index in [0.29, 0.717) is 22.1 Å². The monoisotopic (exact) mass is 361 g/mol. The summed E-state index contributed by atoms with van der Waals surface area (Å²) in [5, 5.41) is 16.1. The Bertz CT molecular complexity index is 994. The highest BCUT2D eigenvalue weighted by Crippen LogP contribution is 2.22. The van der Waals surface area contributed by atoms with Gasteiger partial charge in [0.05, 0.1) is 23.2 Å². The van der Waals surface area contributed by atoms with E-state index in [1.807, 2.05) is 0 Å². The number of aromatic amines is 1. The van der Waals surface area contributed by atoms with Gasteiger partial charge in [0.15, 0.2) is 0 Å². The summed E-state index contributed by atoms with van der Waals surface area (Å²) in [6.07, 6.45) is 1.45. The molecule has 3 aromatic rings. The normalized spacial score (nSPS) is 11.2. The molecule has 3 rings (SSSR count). The van der Waals surface area contributed by atoms with E-state index in [-0.39, 0.29) is 23.0 Å². The molecule has 0 saturated heterocycles. The third-order valence-corrected chi connectivity index (χ3v) is 3.71. The molecule has 1 aromatic carbocycles. The van der Waals surface area contributed by atoms with Crippen LogP contribution in [0.25, 0.3) is 5.69 Å². The van der Waals surface area contributed by atoms with Gasteiger partial charge < -0.3 is 0 Å². The number of benzene rings is 1. The van der Waals surface area contributed by atoms with E-state index < -0.39 is 0 Å². The van der Waals surface area contributed by atoms with Crippen molar-refractivity contribution in [2.24, 2.45) is 5.10 Å². The van der Waals surface area contributed by atoms with Crippen LogP contribution < -0.4 is 11.0 Å². The number of hydrogen-bond donors (Lipinski definition) is 2. The van der Waals surface area contributed by atoms with Crippen LogP contribution in [0, 0.1) is 19.7 Å². The van der Waals surface area contributed by atoms with Gasteiger partial charge in [-0.05, 0) is 38.1 Å². The van der Waals surface area contributed by atoms with Crippen molar-refractivity contribution < 1.29 is 4.39 Å². The molecule has 0 bridgehead atoms. The van der Waals surface area contributed by atoms with Crippen LogP contribution in [-0.4, -0.2) is 31.2 Å². The lowest BCUT2D eigenvalue weighted by atomic mass is 10.3. The Kier molecular flexibility index (Phi) is 4.57. The zero-order valence-corrected chi connectivity index (χ0v) is 14.0. The first-order valence-corrected chi connectivity index (χ1v) is 7.57. The number of aryl methyl sites for hydroxylation is 2. The van der Waals surface area contributed by atoms with Crippen molar-refractivity contribution in [3.05, 3.63) is 62.5 Å². The molecule has 2 aromatic heterocycles. The van der Waals surface area contributed by atoms with Gasteiger partial charge in [-0.2, -0.15) is 10.2 Å². The molecule has 8 nitrogen and oxygen atoms in total. The van der Waals surface area contributed by atoms with Crippen molar-refractivity contribution >= 4 is 23.8 Å². The molecule has 0 radical (unpaired) electrons. The Morgan fingerprint density at radius 1 is 1.24 bits per heavy atom. The summed E-state index contributed by atoms with van der Waals surface area (Å²) < 4.78 is 14.5. The quantitative estimate of drug-likeness (QED) is 0.548. The maximum Gasteiger partial charge on any atom is 0.274 e. The van der Waals surface area contributed by atoms with Crippen molar-refractivity contribution in [3.63, 3.8) is 0 Å². The minimum Gasteiger partial charge on any atom is -0.288 e. The Morgan fingerprint density at radius 2 is 1.96 bits per heavy atom. The number of nitrogens with zero attached hydrogens (tertiary/aromatic N) is 5. The van der Waals surface area contributed by atoms with Crippen molar-refractivity contribution in [3.8, 4) is 5.69 Å². The van der Waals surface area contributed by atoms with Crippen LogP contribution >= 0.6 is 11.6 Å². The molecule has 0 aliphatic carbocycles. The van der Waals surface area contributed by atoms with Crippen LogP contribution in [0.4, 0.5) is 10.3 Å². The number of hydrazone groups is 1. The second-order valence-corrected chi connectivity index (χ2v) is 5.49. The van der Waals surface area contributed by atoms with Crippen molar-refractivity contribution in [1.29, 1.82) is 0 Å². The van der Waals surface area contributed by atoms with Crippen LogP contribution in [-0.2, 0) is 0 Å². The van der Waals surface area contributed by atoms with Gasteiger partial charge in [0, 0.05) is 0 Å². The first-order chi connectivity index (χ1) is 12.0. The Morgan fingerprint density at radius 3 is 2.64 bits per heavy atom. The van der Waals surface area contributed by atoms with Gasteiger partial charge in [0.1, 0.15) is 16.7 Å². The van der Waals surface area contributed by atoms with Gasteiger partial charge in [-0.15, -0.1) is 10.2 Å². The Hall–Kier alpha value is -3.07. The average Bonchev–Trinajstić information content (AvgIpc) is 2.87. The highest BCUT2D eigenvalue weighted by Gasteiger charge is 2.13. The van der Waals surface area contributed by atoms with Crippen molar-refractivity contribution in [1.82, 2.24) is 25.0 Å². The van der Waals surface area contributed by atoms with Gasteiger partial charge in [0.25, 0.3) is 5.56 Å². The molecule has 2 N–H and O–H groups in total. The fourth-order valence-corrected chi connectivity index (χ4v) is 2.33. The number of hydrogen-bond acceptors (Lipinski definition) is 6. The maximum atomic E-state index is 13.0. The van der Waals surface area contributed by atoms with Gasteiger partial charge >= 0.3 is 0 Å². The number of halogens is 2. The molecule has 0 saturated carbocycles. The number of aromatic nitrogens is 5. The summed E-state index contributed by atoms with van der Waals surface area (Å²) in [4.78, 5) is 13.9. The fraction of sp³-hybridized carbons (Fsp3) is 0.133. The molecule has 10 heteroatoms. The van der Waals surface area contributed by atoms with Gasteiger partial charge in [0.2, 0.25) is 5.95 Å². The van der Waals surface area contributed by atoms with E-state index >= 15 is 0 Å². The fourth-order valence-electron chi connectivity index (χ4n) is 2.01. The maximum absolute atomic E-state index is 13.0. The summed E-state index contributed by atoms with van der Waals surface area (Å²) in [5.74, 6) is -0.241. The van der Waals surface area contributed by atoms with E-state index in [9.17, 15) is 9.18 Å². The summed E-state index contributed by atoms with van der Waals surface area (Å²) in [6, 6.07) is 5.79. The molecule has 0 spiro atoms. The lowest BCUT2D eigenvalue weighted by Gasteiger charge is -2.02. The highest BCUT2D eigenvalue weighted by molar-refractivity contribution is 6.32. The average molecular weight is 362 g/mol. The number of anilines is 1. The molecule has 25 heavy (non-hydrogen) atoms. The predicted molar refractivity (Wildman–Crippen MR) is 91.9 cm³/mol. The molecular formula is C15H13ClFN7O. The molecule has 0 aliphatic heterocycles. The number of rotatable bonds is 4. The molecule has 0 fully saturated rings. The van der Waals surface area contributed by atoms with E-state index in [2.05, 4.69) is 30.8 Å². The Balaban J connectivity index is 1.84. The molecule has 0 aliphatic rings. The first-order valence-electron chi connectivity index (χ1n) is 7.19. The van der Waals surface area contributed by atoms with Crippen LogP contribution in [0.3, 0.4) is 0 Å². The summed E-state index contributed by atoms with van der Waals surface area (Å²) in [6.45, 7) is 3.31. The minimum absolute atomic E-state index is 0.103. The van der Waals surface area contributed by atoms with Crippen molar-refractivity contribution in [2.75, 3.05) is 5.43 Å². The zero-order chi connectivity index (χ0) is 18.0. The smallest absolute Gasteiger partial charge is 0.274 e. The van der Waals surface area contributed by atoms with Gasteiger partial charge in [-0.1, -0.05) is 11.6 Å². The van der Waals surface area contributed by atoms with E-state index in [0.717, 1.165) is 0 Å². The molecule has 0 atom stereocenters. The van der Waals surface area contributed by atoms with Crippen LogP contribution in [0.2, 0.25) is 5.15 Å². The highest BCUT2D eigenvalue weighted by atomic mass is 35.5. The van der Waals surface area contributed by atoms with E-state index in [1.165, 1.54) is 23.0 Å². The predicted octanol–water partition coefficient (Wildman–Crippen LogP) is 2.21. The van der Waals surface area contributed by atoms with Crippen LogP contribution in [0.1, 0.15) is 17.0 Å². The molecule has 128 valence electrons. The molecule has 0 unspecified atom stereocenters. The molecular weight excluding hydrogens is 349 g/mol. The second kappa shape index (κ2) is 6.81. The van der Waals surface area contributed by atoms with E-state index in [1.54, 1.807) is 26.0 Å². The second-order valence-electron chi connectivity index (χ2n) is 5.14. The molecule has 0 amide bonds. The Labute approximate surface area is 146 Å². The third kappa shape index (κ3) is 3.56. The third-order valence-electron chi connectivity index (χ3n) is 3.34. The lowest BCUT2D eigenvalue weighted by Crippen LogP contribution is -2.15. The van der Waals surface area contributed by atoms with Crippen LogP contribution in [0.5, 0.6) is 0 Å². The van der Waals surface area contributed by atoms with Crippen molar-refractivity contribution in [2.45, 2.75) is 13.8 Å². The van der Waals surface area contributed by atoms with E-state index in [4.69, 9.17) is 11.6 Å². The summed E-state index contributed by atoms with van der Waals surface area (Å²) in [7, 11) is 0. The van der Waals surface area contributed by atoms with Gasteiger partial charge in [-0.25, -0.2) is 14.5 Å². The van der Waals surface area contributed by atoms with Crippen LogP contribution in [0.15, 0.2) is 34.2 Å².